The van der Waals surface area contributed by atoms with Gasteiger partial charge in [-0.1, -0.05) is 17.3 Å². The highest BCUT2D eigenvalue weighted by atomic mass is 19.3. The molecular weight excluding hydrogens is 344 g/mol. The molecule has 26 heavy (non-hydrogen) atoms. The number of rotatable bonds is 5. The van der Waals surface area contributed by atoms with Crippen molar-refractivity contribution in [3.63, 3.8) is 0 Å². The van der Waals surface area contributed by atoms with Gasteiger partial charge in [0.15, 0.2) is 11.9 Å². The van der Waals surface area contributed by atoms with E-state index in [1.54, 1.807) is 45.0 Å². The van der Waals surface area contributed by atoms with E-state index >= 15 is 0 Å². The first-order valence-corrected chi connectivity index (χ1v) is 8.19. The lowest BCUT2D eigenvalue weighted by atomic mass is 10.00. The van der Waals surface area contributed by atoms with Crippen molar-refractivity contribution in [1.29, 1.82) is 0 Å². The van der Waals surface area contributed by atoms with Crippen LogP contribution in [0, 0.1) is 13.8 Å². The van der Waals surface area contributed by atoms with Gasteiger partial charge in [-0.3, -0.25) is 9.36 Å². The largest absolute Gasteiger partial charge is 0.454 e. The number of hydrogen-bond donors (Lipinski definition) is 0. The third kappa shape index (κ3) is 3.07. The van der Waals surface area contributed by atoms with Crippen LogP contribution in [-0.2, 0) is 9.53 Å². The molecule has 8 heteroatoms. The molecule has 0 spiro atoms. The molecule has 3 aromatic rings. The average Bonchev–Trinajstić information content (AvgIpc) is 3.14. The molecule has 0 fully saturated rings. The third-order valence-corrected chi connectivity index (χ3v) is 4.35. The maximum absolute atomic E-state index is 13.5. The van der Waals surface area contributed by atoms with Gasteiger partial charge in [0, 0.05) is 5.56 Å². The summed E-state index contributed by atoms with van der Waals surface area (Å²) in [6.07, 6.45) is -0.938. The molecule has 2 heterocycles. The molecule has 1 aromatic carbocycles. The van der Waals surface area contributed by atoms with E-state index < -0.39 is 24.5 Å². The summed E-state index contributed by atoms with van der Waals surface area (Å²) in [4.78, 5) is 16.7. The molecule has 6 nitrogen and oxygen atoms in total. The standard InChI is InChI=1S/C18H19F2N3O3/c1-9(15-10(2)22-26-11(15)3)17(24)25-12(4)16-21-13-7-5-6-8-14(13)23(16)18(19)20/h5-9,12,18H,1-4H3. The molecule has 0 aliphatic rings. The smallest absolute Gasteiger partial charge is 0.320 e. The quantitative estimate of drug-likeness (QED) is 0.627. The van der Waals surface area contributed by atoms with E-state index in [0.29, 0.717) is 28.1 Å². The molecule has 2 atom stereocenters. The van der Waals surface area contributed by atoms with Gasteiger partial charge < -0.3 is 9.26 Å². The van der Waals surface area contributed by atoms with E-state index in [9.17, 15) is 13.6 Å². The zero-order valence-electron chi connectivity index (χ0n) is 14.9. The topological polar surface area (TPSA) is 70.2 Å². The van der Waals surface area contributed by atoms with Crippen LogP contribution in [0.3, 0.4) is 0 Å². The number of para-hydroxylation sites is 2. The summed E-state index contributed by atoms with van der Waals surface area (Å²) >= 11 is 0. The van der Waals surface area contributed by atoms with Crippen LogP contribution in [0.2, 0.25) is 0 Å². The molecule has 138 valence electrons. The van der Waals surface area contributed by atoms with E-state index in [2.05, 4.69) is 10.1 Å². The Morgan fingerprint density at radius 1 is 1.23 bits per heavy atom. The van der Waals surface area contributed by atoms with Gasteiger partial charge >= 0.3 is 12.5 Å². The van der Waals surface area contributed by atoms with Gasteiger partial charge in [-0.25, -0.2) is 4.98 Å². The Bertz CT molecular complexity index is 929. The first-order valence-electron chi connectivity index (χ1n) is 8.19. The zero-order valence-corrected chi connectivity index (χ0v) is 14.9. The SMILES string of the molecule is Cc1noc(C)c1C(C)C(=O)OC(C)c1nc2ccccc2n1C(F)F. The Kier molecular flexibility index (Phi) is 4.76. The van der Waals surface area contributed by atoms with Crippen LogP contribution < -0.4 is 0 Å². The number of nitrogens with zero attached hydrogens (tertiary/aromatic N) is 3. The minimum absolute atomic E-state index is 0.000475. The fourth-order valence-electron chi connectivity index (χ4n) is 3.11. The highest BCUT2D eigenvalue weighted by Gasteiger charge is 2.29. The van der Waals surface area contributed by atoms with Crippen LogP contribution in [0.4, 0.5) is 8.78 Å². The molecule has 2 aromatic heterocycles. The maximum atomic E-state index is 13.5. The summed E-state index contributed by atoms with van der Waals surface area (Å²) in [6.45, 7) is 3.84. The minimum atomic E-state index is -2.79. The molecule has 0 amide bonds. The Labute approximate surface area is 148 Å². The summed E-state index contributed by atoms with van der Waals surface area (Å²) in [5, 5.41) is 3.82. The van der Waals surface area contributed by atoms with Crippen LogP contribution in [0.15, 0.2) is 28.8 Å². The number of aromatic nitrogens is 3. The second-order valence-electron chi connectivity index (χ2n) is 6.15. The first kappa shape index (κ1) is 18.0. The van der Waals surface area contributed by atoms with Crippen LogP contribution in [0.5, 0.6) is 0 Å². The number of aryl methyl sites for hydroxylation is 2. The molecule has 0 bridgehead atoms. The molecule has 0 saturated carbocycles. The molecule has 0 aliphatic carbocycles. The summed E-state index contributed by atoms with van der Waals surface area (Å²) in [7, 11) is 0. The Balaban J connectivity index is 1.88. The fraction of sp³-hybridized carbons (Fsp3) is 0.389. The molecule has 0 saturated heterocycles. The van der Waals surface area contributed by atoms with E-state index in [-0.39, 0.29) is 5.82 Å². The van der Waals surface area contributed by atoms with E-state index in [1.165, 1.54) is 6.92 Å². The number of carbonyl (C=O) groups is 1. The Morgan fingerprint density at radius 2 is 1.92 bits per heavy atom. The van der Waals surface area contributed by atoms with Crippen molar-refractivity contribution in [3.05, 3.63) is 47.1 Å². The van der Waals surface area contributed by atoms with Crippen LogP contribution in [-0.4, -0.2) is 20.7 Å². The maximum Gasteiger partial charge on any atom is 0.320 e. The van der Waals surface area contributed by atoms with Crippen LogP contribution in [0.1, 0.15) is 55.3 Å². The van der Waals surface area contributed by atoms with Gasteiger partial charge in [-0.05, 0) is 39.8 Å². The zero-order chi connectivity index (χ0) is 19.0. The number of hydrogen-bond acceptors (Lipinski definition) is 5. The van der Waals surface area contributed by atoms with Crippen molar-refractivity contribution >= 4 is 17.0 Å². The highest BCUT2D eigenvalue weighted by Crippen LogP contribution is 2.30. The number of alkyl halides is 2. The van der Waals surface area contributed by atoms with Gasteiger partial charge in [0.2, 0.25) is 0 Å². The summed E-state index contributed by atoms with van der Waals surface area (Å²) < 4.78 is 38.4. The predicted octanol–water partition coefficient (Wildman–Crippen LogP) is 4.44. The van der Waals surface area contributed by atoms with Crippen molar-refractivity contribution in [2.45, 2.75) is 46.3 Å². The van der Waals surface area contributed by atoms with Crippen molar-refractivity contribution in [2.75, 3.05) is 0 Å². The van der Waals surface area contributed by atoms with Crippen LogP contribution >= 0.6 is 0 Å². The van der Waals surface area contributed by atoms with Crippen molar-refractivity contribution in [3.8, 4) is 0 Å². The number of benzene rings is 1. The normalized spacial score (nSPS) is 14.0. The van der Waals surface area contributed by atoms with Gasteiger partial charge in [0.05, 0.1) is 22.6 Å². The second kappa shape index (κ2) is 6.86. The van der Waals surface area contributed by atoms with Crippen LogP contribution in [0.25, 0.3) is 11.0 Å². The molecular formula is C18H19F2N3O3. The van der Waals surface area contributed by atoms with E-state index in [1.807, 2.05) is 0 Å². The molecule has 2 unspecified atom stereocenters. The minimum Gasteiger partial charge on any atom is -0.454 e. The number of imidazole rings is 1. The van der Waals surface area contributed by atoms with Gasteiger partial charge in [0.25, 0.3) is 0 Å². The van der Waals surface area contributed by atoms with Gasteiger partial charge in [0.1, 0.15) is 5.76 Å². The highest BCUT2D eigenvalue weighted by molar-refractivity contribution is 5.79. The van der Waals surface area contributed by atoms with Crippen molar-refractivity contribution < 1.29 is 22.8 Å². The first-order chi connectivity index (χ1) is 12.3. The number of ether oxygens (including phenoxy) is 1. The average molecular weight is 363 g/mol. The molecule has 0 radical (unpaired) electrons. The Morgan fingerprint density at radius 3 is 2.54 bits per heavy atom. The number of esters is 1. The second-order valence-corrected chi connectivity index (χ2v) is 6.15. The third-order valence-electron chi connectivity index (χ3n) is 4.35. The summed E-state index contributed by atoms with van der Waals surface area (Å²) in [5.74, 6) is -0.659. The monoisotopic (exact) mass is 363 g/mol. The lowest BCUT2D eigenvalue weighted by Gasteiger charge is -2.18. The van der Waals surface area contributed by atoms with E-state index in [0.717, 1.165) is 4.57 Å². The van der Waals surface area contributed by atoms with Crippen molar-refractivity contribution in [1.82, 2.24) is 14.7 Å². The predicted molar refractivity (Wildman–Crippen MR) is 89.9 cm³/mol. The lowest BCUT2D eigenvalue weighted by molar-refractivity contribution is -0.150. The van der Waals surface area contributed by atoms with Crippen molar-refractivity contribution in [2.24, 2.45) is 0 Å². The molecule has 3 rings (SSSR count). The fourth-order valence-corrected chi connectivity index (χ4v) is 3.11. The van der Waals surface area contributed by atoms with Gasteiger partial charge in [-0.15, -0.1) is 0 Å². The number of fused-ring (bicyclic) bond motifs is 1. The van der Waals surface area contributed by atoms with Gasteiger partial charge in [-0.2, -0.15) is 8.78 Å². The summed E-state index contributed by atoms with van der Waals surface area (Å²) in [5.41, 5.74) is 1.95. The number of halogens is 2. The summed E-state index contributed by atoms with van der Waals surface area (Å²) in [6, 6.07) is 6.56. The molecule has 0 aliphatic heterocycles. The van der Waals surface area contributed by atoms with E-state index in [4.69, 9.17) is 9.26 Å². The Hall–Kier alpha value is -2.77. The lowest BCUT2D eigenvalue weighted by Crippen LogP contribution is -2.19. The number of carbonyl (C=O) groups excluding carboxylic acids is 1. The molecule has 0 N–H and O–H groups in total.